The molecule has 2 aromatic heterocycles. The Morgan fingerprint density at radius 3 is 2.23 bits per heavy atom. The molecule has 5 heterocycles. The van der Waals surface area contributed by atoms with Crippen molar-refractivity contribution in [2.75, 3.05) is 13.7 Å². The van der Waals surface area contributed by atoms with Crippen LogP contribution in [0.25, 0.3) is 28.4 Å². The molecule has 8 atom stereocenters. The van der Waals surface area contributed by atoms with Crippen LogP contribution < -0.4 is 20.7 Å². The SMILES string of the molecule is C#C[C@H]1C(C)=C2/C=C3\[N-]C(C4=c5[n-]/c(c(C)c5[C@@H](O)[C@@H]4C(=O)OC)=C\c4[n-]c(c(C)c4CC)/C=C/1[N-]2)[C@@H](CCC(=O)OC/C=C(\C)CCC[C@@H](C)CCC[C@H](C)CCCC(C)C)[C@@H]3C.[Mg+2]. The van der Waals surface area contributed by atoms with Gasteiger partial charge in [0, 0.05) is 12.3 Å². The van der Waals surface area contributed by atoms with Crippen LogP contribution in [0.1, 0.15) is 166 Å². The van der Waals surface area contributed by atoms with Crippen molar-refractivity contribution in [3.8, 4) is 12.3 Å². The Labute approximate surface area is 406 Å². The van der Waals surface area contributed by atoms with E-state index in [4.69, 9.17) is 36.5 Å². The van der Waals surface area contributed by atoms with E-state index in [1.165, 1.54) is 57.6 Å². The smallest absolute Gasteiger partial charge is 0.681 e. The fourth-order valence-electron chi connectivity index (χ4n) is 10.6. The van der Waals surface area contributed by atoms with Gasteiger partial charge in [-0.05, 0) is 94.6 Å². The summed E-state index contributed by atoms with van der Waals surface area (Å²) in [7, 11) is 1.34. The largest absolute Gasteiger partial charge is 2.00 e. The molecule has 65 heavy (non-hydrogen) atoms. The van der Waals surface area contributed by atoms with Gasteiger partial charge in [-0.15, -0.1) is 39.9 Å². The molecular formula is C55H74MgN4O5-2. The molecule has 9 nitrogen and oxygen atoms in total. The van der Waals surface area contributed by atoms with E-state index in [0.717, 1.165) is 87.8 Å². The van der Waals surface area contributed by atoms with Gasteiger partial charge in [-0.1, -0.05) is 150 Å². The number of fused-ring (bicyclic) bond motifs is 8. The average Bonchev–Trinajstić information content (AvgIpc) is 3.99. The number of aliphatic hydroxyl groups excluding tert-OH is 1. The van der Waals surface area contributed by atoms with Gasteiger partial charge in [-0.25, -0.2) is 0 Å². The van der Waals surface area contributed by atoms with Gasteiger partial charge in [0.05, 0.1) is 13.2 Å². The molecule has 348 valence electrons. The standard InChI is InChI=1S/C55H74N4O5.Mg/c1-13-39-35(8)42-28-44-37(10)41(24-25-48(60)64-27-26-34(7)23-17-22-33(6)21-16-20-32(5)19-15-18-31(3)4)52(58-44)50-51(55(62)63-12)54(61)49-38(11)45(59-53(49)50)30-47-40(14-2)36(9)43(57-47)29-46(39)56-42;/h1,26,28-33,37,39,41,51-52,54,61H,14-25,27H2,2-12H3;/q-4;+2/b34-26+,44-28-,45-30-,46-29-;/t32-,33+,37+,39+,41+,51-,52?,54-;/m1./s1. The minimum atomic E-state index is -1.17. The van der Waals surface area contributed by atoms with E-state index in [2.05, 4.69) is 61.3 Å². The Balaban J connectivity index is 0.00000793. The quantitative estimate of drug-likeness (QED) is 0.0644. The van der Waals surface area contributed by atoms with Gasteiger partial charge in [0.1, 0.15) is 12.5 Å². The summed E-state index contributed by atoms with van der Waals surface area (Å²) in [6, 6.07) is -0.565. The average molecular weight is 896 g/mol. The molecule has 1 unspecified atom stereocenters. The van der Waals surface area contributed by atoms with Gasteiger partial charge < -0.3 is 35.2 Å². The van der Waals surface area contributed by atoms with E-state index in [1.54, 1.807) is 0 Å². The van der Waals surface area contributed by atoms with Crippen LogP contribution in [-0.4, -0.2) is 59.9 Å². The minimum absolute atomic E-state index is 0. The van der Waals surface area contributed by atoms with Crippen molar-refractivity contribution in [3.05, 3.63) is 95.4 Å². The number of aromatic nitrogens is 2. The van der Waals surface area contributed by atoms with E-state index < -0.39 is 24.0 Å². The number of nitrogens with zero attached hydrogens (tertiary/aromatic N) is 4. The summed E-state index contributed by atoms with van der Waals surface area (Å²) < 4.78 is 11.1. The third-order valence-corrected chi connectivity index (χ3v) is 14.7. The predicted molar refractivity (Wildman–Crippen MR) is 264 cm³/mol. The van der Waals surface area contributed by atoms with Crippen molar-refractivity contribution in [2.24, 2.45) is 41.4 Å². The van der Waals surface area contributed by atoms with Crippen molar-refractivity contribution in [2.45, 2.75) is 158 Å². The van der Waals surface area contributed by atoms with Crippen LogP contribution in [0.15, 0.2) is 40.4 Å². The molecule has 10 heteroatoms. The van der Waals surface area contributed by atoms with Gasteiger partial charge in [-0.3, -0.25) is 9.59 Å². The van der Waals surface area contributed by atoms with E-state index >= 15 is 0 Å². The third kappa shape index (κ3) is 11.8. The maximum absolute atomic E-state index is 13.6. The number of carbonyl (C=O) groups excluding carboxylic acids is 2. The zero-order chi connectivity index (χ0) is 46.4. The third-order valence-electron chi connectivity index (χ3n) is 14.7. The van der Waals surface area contributed by atoms with E-state index in [9.17, 15) is 14.7 Å². The number of rotatable bonds is 19. The summed E-state index contributed by atoms with van der Waals surface area (Å²) in [5.41, 5.74) is 10.3. The number of methoxy groups -OCH3 is 1. The van der Waals surface area contributed by atoms with Crippen LogP contribution in [0.3, 0.4) is 0 Å². The zero-order valence-corrected chi connectivity index (χ0v) is 42.8. The van der Waals surface area contributed by atoms with Crippen molar-refractivity contribution < 1.29 is 24.2 Å². The maximum atomic E-state index is 13.6. The van der Waals surface area contributed by atoms with Crippen LogP contribution >= 0.6 is 0 Å². The first-order valence-corrected chi connectivity index (χ1v) is 24.2. The molecule has 3 aliphatic heterocycles. The fourth-order valence-corrected chi connectivity index (χ4v) is 10.6. The van der Waals surface area contributed by atoms with Crippen molar-refractivity contribution >= 4 is 52.7 Å². The summed E-state index contributed by atoms with van der Waals surface area (Å²) in [5.74, 6) is 2.80. The van der Waals surface area contributed by atoms with Crippen molar-refractivity contribution in [3.63, 3.8) is 0 Å². The maximum Gasteiger partial charge on any atom is 2.00 e. The molecule has 1 aliphatic carbocycles. The van der Waals surface area contributed by atoms with Crippen molar-refractivity contribution in [1.29, 1.82) is 0 Å². The Kier molecular flexibility index (Phi) is 18.6. The number of hydrogen-bond donors (Lipinski definition) is 1. The molecule has 0 radical (unpaired) electrons. The molecule has 1 fully saturated rings. The van der Waals surface area contributed by atoms with Gasteiger partial charge in [0.15, 0.2) is 0 Å². The Morgan fingerprint density at radius 2 is 1.58 bits per heavy atom. The van der Waals surface area contributed by atoms with Gasteiger partial charge in [-0.2, -0.15) is 5.70 Å². The summed E-state index contributed by atoms with van der Waals surface area (Å²) in [6.45, 7) is 22.0. The Bertz CT molecular complexity index is 2330. The van der Waals surface area contributed by atoms with Crippen LogP contribution in [0.4, 0.5) is 0 Å². The Morgan fingerprint density at radius 1 is 0.908 bits per heavy atom. The second kappa shape index (κ2) is 23.2. The second-order valence-corrected chi connectivity index (χ2v) is 19.8. The van der Waals surface area contributed by atoms with E-state index in [0.29, 0.717) is 28.3 Å². The first-order valence-electron chi connectivity index (χ1n) is 24.2. The molecule has 0 saturated carbocycles. The van der Waals surface area contributed by atoms with Gasteiger partial charge >= 0.3 is 35.0 Å². The number of terminal acetylenes is 1. The monoisotopic (exact) mass is 895 g/mol. The zero-order valence-electron chi connectivity index (χ0n) is 41.4. The normalized spacial score (nSPS) is 25.3. The number of carbonyl (C=O) groups is 2. The molecule has 1 saturated heterocycles. The van der Waals surface area contributed by atoms with Crippen LogP contribution in [0.2, 0.25) is 0 Å². The molecule has 0 amide bonds. The molecule has 6 rings (SSSR count). The van der Waals surface area contributed by atoms with Gasteiger partial charge in [0.25, 0.3) is 0 Å². The molecule has 1 N–H and O–H groups in total. The van der Waals surface area contributed by atoms with Crippen molar-refractivity contribution in [1.82, 2.24) is 9.97 Å². The molecule has 2 aromatic rings. The van der Waals surface area contributed by atoms with Crippen LogP contribution in [-0.2, 0) is 25.5 Å². The topological polar surface area (TPSA) is 129 Å². The van der Waals surface area contributed by atoms with E-state index in [-0.39, 0.29) is 59.8 Å². The first-order chi connectivity index (χ1) is 30.6. The number of allylic oxidation sites excluding steroid dienone is 4. The molecular weight excluding hydrogens is 821 g/mol. The molecule has 8 bridgehead atoms. The molecule has 0 aromatic carbocycles. The summed E-state index contributed by atoms with van der Waals surface area (Å²) in [6.07, 6.45) is 25.7. The summed E-state index contributed by atoms with van der Waals surface area (Å²) >= 11 is 0. The molecule has 4 aliphatic rings. The van der Waals surface area contributed by atoms with Crippen LogP contribution in [0.5, 0.6) is 0 Å². The number of hydrogen-bond acceptors (Lipinski definition) is 5. The van der Waals surface area contributed by atoms with E-state index in [1.807, 2.05) is 38.2 Å². The first kappa shape index (κ1) is 52.1. The predicted octanol–water partition coefficient (Wildman–Crippen LogP) is 10.1. The van der Waals surface area contributed by atoms with Crippen LogP contribution in [0, 0.1) is 67.6 Å². The number of esters is 2. The summed E-state index contributed by atoms with van der Waals surface area (Å²) in [4.78, 5) is 37.3. The summed E-state index contributed by atoms with van der Waals surface area (Å²) in [5, 5.41) is 23.7. The fraction of sp³-hybridized carbons (Fsp3) is 0.600. The number of aliphatic hydroxyl groups is 1. The minimum Gasteiger partial charge on any atom is -0.681 e. The Hall–Kier alpha value is -3.91. The van der Waals surface area contributed by atoms with Gasteiger partial charge in [0.2, 0.25) is 0 Å². The molecule has 0 spiro atoms. The second-order valence-electron chi connectivity index (χ2n) is 19.8. The number of ether oxygens (including phenoxy) is 2.